The maximum Gasteiger partial charge on any atom is 0.252 e. The second-order valence-corrected chi connectivity index (χ2v) is 4.96. The normalized spacial score (nSPS) is 10.5. The summed E-state index contributed by atoms with van der Waals surface area (Å²) in [5.41, 5.74) is 2.01. The number of rotatable bonds is 3. The van der Waals surface area contributed by atoms with Crippen molar-refractivity contribution in [3.63, 3.8) is 0 Å². The summed E-state index contributed by atoms with van der Waals surface area (Å²) in [5.74, 6) is 1.67. The first-order chi connectivity index (χ1) is 11.1. The molecule has 3 rings (SSSR count). The van der Waals surface area contributed by atoms with Crippen molar-refractivity contribution in [1.29, 1.82) is 0 Å². The van der Waals surface area contributed by atoms with Crippen LogP contribution < -0.4 is 5.32 Å². The molecule has 0 fully saturated rings. The summed E-state index contributed by atoms with van der Waals surface area (Å²) >= 11 is 0. The summed E-state index contributed by atoms with van der Waals surface area (Å²) in [7, 11) is 1.73. The molecule has 1 aromatic carbocycles. The standard InChI is InChI=1S/C17H13FN4O/c1-3-7-19-17(23)13-9-15(11-5-4-6-12(18)8-11)21-16-14(13)10-20-22(16)2/h1,4-6,8-10H,7H2,2H3,(H,19,23). The van der Waals surface area contributed by atoms with Crippen LogP contribution in [0.1, 0.15) is 10.4 Å². The zero-order chi connectivity index (χ0) is 16.4. The molecule has 114 valence electrons. The van der Waals surface area contributed by atoms with Gasteiger partial charge in [-0.1, -0.05) is 18.1 Å². The molecule has 23 heavy (non-hydrogen) atoms. The molecule has 1 amide bonds. The van der Waals surface area contributed by atoms with Gasteiger partial charge in [-0.05, 0) is 18.2 Å². The Kier molecular flexibility index (Phi) is 3.77. The number of halogens is 1. The Morgan fingerprint density at radius 1 is 1.43 bits per heavy atom. The van der Waals surface area contributed by atoms with Crippen LogP contribution in [0.2, 0.25) is 0 Å². The molecule has 2 heterocycles. The number of pyridine rings is 1. The molecule has 2 aromatic heterocycles. The lowest BCUT2D eigenvalue weighted by molar-refractivity contribution is 0.0960. The van der Waals surface area contributed by atoms with Crippen molar-refractivity contribution in [2.45, 2.75) is 0 Å². The molecule has 0 unspecified atom stereocenters. The quantitative estimate of drug-likeness (QED) is 0.754. The van der Waals surface area contributed by atoms with E-state index in [4.69, 9.17) is 6.42 Å². The third-order valence-electron chi connectivity index (χ3n) is 3.42. The first-order valence-corrected chi connectivity index (χ1v) is 6.90. The monoisotopic (exact) mass is 308 g/mol. The molecule has 0 aliphatic rings. The molecule has 0 aliphatic carbocycles. The van der Waals surface area contributed by atoms with Crippen LogP contribution >= 0.6 is 0 Å². The van der Waals surface area contributed by atoms with E-state index in [0.717, 1.165) is 0 Å². The molecule has 0 saturated carbocycles. The van der Waals surface area contributed by atoms with E-state index < -0.39 is 0 Å². The Labute approximate surface area is 132 Å². The third-order valence-corrected chi connectivity index (χ3v) is 3.42. The van der Waals surface area contributed by atoms with Gasteiger partial charge in [0.05, 0.1) is 29.4 Å². The fraction of sp³-hybridized carbons (Fsp3) is 0.118. The number of nitrogens with zero attached hydrogens (tertiary/aromatic N) is 3. The average Bonchev–Trinajstić information content (AvgIpc) is 2.93. The first-order valence-electron chi connectivity index (χ1n) is 6.90. The van der Waals surface area contributed by atoms with Crippen LogP contribution in [0.15, 0.2) is 36.5 Å². The number of fused-ring (bicyclic) bond motifs is 1. The highest BCUT2D eigenvalue weighted by atomic mass is 19.1. The molecular weight excluding hydrogens is 295 g/mol. The van der Waals surface area contributed by atoms with Gasteiger partial charge in [0.25, 0.3) is 5.91 Å². The van der Waals surface area contributed by atoms with Gasteiger partial charge in [-0.25, -0.2) is 9.37 Å². The molecule has 3 aromatic rings. The van der Waals surface area contributed by atoms with Gasteiger partial charge in [0, 0.05) is 12.6 Å². The predicted molar refractivity (Wildman–Crippen MR) is 85.1 cm³/mol. The number of nitrogens with one attached hydrogen (secondary N) is 1. The minimum Gasteiger partial charge on any atom is -0.341 e. The van der Waals surface area contributed by atoms with Crippen LogP contribution in [0.3, 0.4) is 0 Å². The summed E-state index contributed by atoms with van der Waals surface area (Å²) in [4.78, 5) is 16.8. The second kappa shape index (κ2) is 5.89. The van der Waals surface area contributed by atoms with Crippen molar-refractivity contribution < 1.29 is 9.18 Å². The third kappa shape index (κ3) is 2.77. The Morgan fingerprint density at radius 2 is 2.26 bits per heavy atom. The highest BCUT2D eigenvalue weighted by Crippen LogP contribution is 2.25. The van der Waals surface area contributed by atoms with E-state index in [2.05, 4.69) is 21.3 Å². The maximum atomic E-state index is 13.5. The zero-order valence-corrected chi connectivity index (χ0v) is 12.4. The summed E-state index contributed by atoms with van der Waals surface area (Å²) < 4.78 is 15.0. The fourth-order valence-corrected chi connectivity index (χ4v) is 2.32. The van der Waals surface area contributed by atoms with E-state index in [9.17, 15) is 9.18 Å². The van der Waals surface area contributed by atoms with E-state index in [1.165, 1.54) is 12.1 Å². The number of carbonyl (C=O) groups is 1. The van der Waals surface area contributed by atoms with Crippen molar-refractivity contribution in [3.8, 4) is 23.6 Å². The predicted octanol–water partition coefficient (Wildman–Crippen LogP) is 2.14. The van der Waals surface area contributed by atoms with Crippen LogP contribution in [0.5, 0.6) is 0 Å². The van der Waals surface area contributed by atoms with Crippen LogP contribution in [0, 0.1) is 18.2 Å². The van der Waals surface area contributed by atoms with Crippen molar-refractivity contribution in [1.82, 2.24) is 20.1 Å². The molecule has 0 bridgehead atoms. The smallest absolute Gasteiger partial charge is 0.252 e. The number of benzene rings is 1. The first kappa shape index (κ1) is 14.7. The Balaban J connectivity index is 2.19. The van der Waals surface area contributed by atoms with Gasteiger partial charge in [-0.3, -0.25) is 9.48 Å². The summed E-state index contributed by atoms with van der Waals surface area (Å²) in [5, 5.41) is 7.37. The molecular formula is C17H13FN4O. The Bertz CT molecular complexity index is 939. The number of amides is 1. The minimum atomic E-state index is -0.368. The van der Waals surface area contributed by atoms with Gasteiger partial charge in [0.1, 0.15) is 5.82 Å². The van der Waals surface area contributed by atoms with E-state index in [-0.39, 0.29) is 18.3 Å². The van der Waals surface area contributed by atoms with Crippen molar-refractivity contribution in [2.75, 3.05) is 6.54 Å². The number of aromatic nitrogens is 3. The highest BCUT2D eigenvalue weighted by Gasteiger charge is 2.16. The lowest BCUT2D eigenvalue weighted by Crippen LogP contribution is -2.23. The van der Waals surface area contributed by atoms with Crippen LogP contribution in [-0.2, 0) is 7.05 Å². The summed E-state index contributed by atoms with van der Waals surface area (Å²) in [6, 6.07) is 7.67. The average molecular weight is 308 g/mol. The van der Waals surface area contributed by atoms with Gasteiger partial charge in [-0.15, -0.1) is 6.42 Å². The number of carbonyl (C=O) groups excluding carboxylic acids is 1. The molecule has 0 saturated heterocycles. The molecule has 0 atom stereocenters. The molecule has 1 N–H and O–H groups in total. The van der Waals surface area contributed by atoms with E-state index in [0.29, 0.717) is 27.9 Å². The summed E-state index contributed by atoms with van der Waals surface area (Å²) in [6.45, 7) is 0.123. The zero-order valence-electron chi connectivity index (χ0n) is 12.4. The molecule has 0 spiro atoms. The molecule has 5 nitrogen and oxygen atoms in total. The lowest BCUT2D eigenvalue weighted by atomic mass is 10.1. The number of terminal acetylenes is 1. The number of hydrogen-bond donors (Lipinski definition) is 1. The SMILES string of the molecule is C#CCNC(=O)c1cc(-c2cccc(F)c2)nc2c1cnn2C. The largest absolute Gasteiger partial charge is 0.341 e. The summed E-state index contributed by atoms with van der Waals surface area (Å²) in [6.07, 6.45) is 6.75. The lowest BCUT2D eigenvalue weighted by Gasteiger charge is -2.08. The van der Waals surface area contributed by atoms with E-state index in [1.54, 1.807) is 36.1 Å². The van der Waals surface area contributed by atoms with Gasteiger partial charge in [0.2, 0.25) is 0 Å². The molecule has 6 heteroatoms. The van der Waals surface area contributed by atoms with Crippen LogP contribution in [-0.4, -0.2) is 27.2 Å². The Hall–Kier alpha value is -3.20. The van der Waals surface area contributed by atoms with Crippen molar-refractivity contribution in [3.05, 3.63) is 47.9 Å². The molecule has 0 aliphatic heterocycles. The van der Waals surface area contributed by atoms with Gasteiger partial charge < -0.3 is 5.32 Å². The van der Waals surface area contributed by atoms with Crippen molar-refractivity contribution >= 4 is 16.9 Å². The van der Waals surface area contributed by atoms with E-state index in [1.807, 2.05) is 0 Å². The van der Waals surface area contributed by atoms with Crippen LogP contribution in [0.25, 0.3) is 22.3 Å². The van der Waals surface area contributed by atoms with Gasteiger partial charge in [0.15, 0.2) is 5.65 Å². The topological polar surface area (TPSA) is 59.8 Å². The van der Waals surface area contributed by atoms with E-state index >= 15 is 0 Å². The van der Waals surface area contributed by atoms with Gasteiger partial charge in [-0.2, -0.15) is 5.10 Å². The number of hydrogen-bond acceptors (Lipinski definition) is 3. The minimum absolute atomic E-state index is 0.123. The van der Waals surface area contributed by atoms with Gasteiger partial charge >= 0.3 is 0 Å². The highest BCUT2D eigenvalue weighted by molar-refractivity contribution is 6.06. The fourth-order valence-electron chi connectivity index (χ4n) is 2.32. The van der Waals surface area contributed by atoms with Crippen molar-refractivity contribution in [2.24, 2.45) is 7.05 Å². The van der Waals surface area contributed by atoms with Crippen LogP contribution in [0.4, 0.5) is 4.39 Å². The number of aryl methyl sites for hydroxylation is 1. The second-order valence-electron chi connectivity index (χ2n) is 4.96. The molecule has 0 radical (unpaired) electrons. The Morgan fingerprint density at radius 3 is 3.00 bits per heavy atom. The maximum absolute atomic E-state index is 13.5.